The highest BCUT2D eigenvalue weighted by atomic mass is 32.2. The van der Waals surface area contributed by atoms with E-state index in [9.17, 15) is 8.42 Å². The van der Waals surface area contributed by atoms with E-state index in [0.717, 1.165) is 29.8 Å². The minimum absolute atomic E-state index is 0.421. The topological polar surface area (TPSA) is 63.4 Å². The molecule has 1 atom stereocenters. The van der Waals surface area contributed by atoms with Crippen LogP contribution in [-0.4, -0.2) is 37.8 Å². The van der Waals surface area contributed by atoms with Crippen LogP contribution in [0.3, 0.4) is 0 Å². The summed E-state index contributed by atoms with van der Waals surface area (Å²) in [6.45, 7) is 3.34. The van der Waals surface area contributed by atoms with Gasteiger partial charge >= 0.3 is 0 Å². The molecule has 1 unspecified atom stereocenters. The van der Waals surface area contributed by atoms with Gasteiger partial charge in [-0.2, -0.15) is 0 Å². The van der Waals surface area contributed by atoms with E-state index >= 15 is 0 Å². The molecule has 2 N–H and O–H groups in total. The number of piperidine rings is 1. The summed E-state index contributed by atoms with van der Waals surface area (Å²) in [7, 11) is -3.05. The van der Waals surface area contributed by atoms with Gasteiger partial charge in [0.25, 0.3) is 0 Å². The zero-order valence-corrected chi connectivity index (χ0v) is 13.6. The molecular weight excluding hydrogens is 292 g/mol. The average Bonchev–Trinajstić information content (AvgIpc) is 2.40. The molecule has 2 rings (SSSR count). The summed E-state index contributed by atoms with van der Waals surface area (Å²) in [5, 5.41) is 0. The third-order valence-corrected chi connectivity index (χ3v) is 6.41. The number of sulfonamides is 1. The third-order valence-electron chi connectivity index (χ3n) is 3.75. The number of anilines is 1. The molecule has 6 heteroatoms. The van der Waals surface area contributed by atoms with Gasteiger partial charge in [-0.05, 0) is 43.4 Å². The molecule has 0 aliphatic carbocycles. The first kappa shape index (κ1) is 15.7. The second-order valence-corrected chi connectivity index (χ2v) is 8.45. The summed E-state index contributed by atoms with van der Waals surface area (Å²) in [5.41, 5.74) is 7.84. The summed E-state index contributed by atoms with van der Waals surface area (Å²) >= 11 is 1.78. The van der Waals surface area contributed by atoms with Crippen molar-refractivity contribution >= 4 is 27.5 Å². The van der Waals surface area contributed by atoms with Gasteiger partial charge in [-0.25, -0.2) is 12.7 Å². The fraction of sp³-hybridized carbons (Fsp3) is 0.571. The van der Waals surface area contributed by atoms with Crippen LogP contribution in [0.4, 0.5) is 5.69 Å². The SMILES string of the molecule is Cc1c(N)cccc1SCC1CCCN(S(C)(=O)=O)C1. The molecule has 1 aromatic rings. The number of nitrogens with two attached hydrogens (primary N) is 1. The molecule has 1 aliphatic rings. The predicted molar refractivity (Wildman–Crippen MR) is 85.5 cm³/mol. The second kappa shape index (κ2) is 6.37. The molecule has 1 heterocycles. The Morgan fingerprint density at radius 3 is 2.90 bits per heavy atom. The Hall–Kier alpha value is -0.720. The summed E-state index contributed by atoms with van der Waals surface area (Å²) in [6.07, 6.45) is 3.35. The van der Waals surface area contributed by atoms with Gasteiger partial charge < -0.3 is 5.73 Å². The van der Waals surface area contributed by atoms with Crippen molar-refractivity contribution in [1.82, 2.24) is 4.31 Å². The van der Waals surface area contributed by atoms with Crippen molar-refractivity contribution in [3.8, 4) is 0 Å². The first-order valence-electron chi connectivity index (χ1n) is 6.81. The third kappa shape index (κ3) is 3.90. The summed E-state index contributed by atoms with van der Waals surface area (Å²) < 4.78 is 24.8. The van der Waals surface area contributed by atoms with E-state index in [1.807, 2.05) is 19.1 Å². The quantitative estimate of drug-likeness (QED) is 0.684. The Morgan fingerprint density at radius 2 is 2.20 bits per heavy atom. The van der Waals surface area contributed by atoms with Crippen LogP contribution in [0.15, 0.2) is 23.1 Å². The standard InChI is InChI=1S/C14H22N2O2S2/c1-11-13(15)6-3-7-14(11)19-10-12-5-4-8-16(9-12)20(2,17)18/h3,6-7,12H,4-5,8-10,15H2,1-2H3. The number of hydrogen-bond acceptors (Lipinski definition) is 4. The van der Waals surface area contributed by atoms with Crippen LogP contribution in [0.1, 0.15) is 18.4 Å². The smallest absolute Gasteiger partial charge is 0.211 e. The van der Waals surface area contributed by atoms with Gasteiger partial charge in [0.05, 0.1) is 6.26 Å². The van der Waals surface area contributed by atoms with Crippen LogP contribution in [0.5, 0.6) is 0 Å². The van der Waals surface area contributed by atoms with E-state index in [2.05, 4.69) is 6.07 Å². The van der Waals surface area contributed by atoms with E-state index in [-0.39, 0.29) is 0 Å². The molecule has 0 aromatic heterocycles. The van der Waals surface area contributed by atoms with E-state index < -0.39 is 10.0 Å². The van der Waals surface area contributed by atoms with Crippen molar-refractivity contribution in [1.29, 1.82) is 0 Å². The van der Waals surface area contributed by atoms with Crippen molar-refractivity contribution in [2.45, 2.75) is 24.7 Å². The van der Waals surface area contributed by atoms with Gasteiger partial charge in [-0.3, -0.25) is 0 Å². The minimum atomic E-state index is -3.05. The highest BCUT2D eigenvalue weighted by molar-refractivity contribution is 7.99. The van der Waals surface area contributed by atoms with Crippen LogP contribution in [0, 0.1) is 12.8 Å². The number of benzene rings is 1. The number of rotatable bonds is 4. The minimum Gasteiger partial charge on any atom is -0.398 e. The molecule has 4 nitrogen and oxygen atoms in total. The molecule has 1 aliphatic heterocycles. The number of nitrogen functional groups attached to an aromatic ring is 1. The second-order valence-electron chi connectivity index (χ2n) is 5.41. The van der Waals surface area contributed by atoms with E-state index in [1.54, 1.807) is 16.1 Å². The first-order chi connectivity index (χ1) is 9.38. The average molecular weight is 314 g/mol. The van der Waals surface area contributed by atoms with Crippen molar-refractivity contribution < 1.29 is 8.42 Å². The lowest BCUT2D eigenvalue weighted by Crippen LogP contribution is -2.39. The van der Waals surface area contributed by atoms with Crippen LogP contribution >= 0.6 is 11.8 Å². The van der Waals surface area contributed by atoms with Crippen molar-refractivity contribution in [2.24, 2.45) is 5.92 Å². The van der Waals surface area contributed by atoms with E-state index in [4.69, 9.17) is 5.73 Å². The summed E-state index contributed by atoms with van der Waals surface area (Å²) in [6, 6.07) is 5.95. The Labute approximate surface area is 125 Å². The molecule has 0 radical (unpaired) electrons. The molecule has 112 valence electrons. The van der Waals surface area contributed by atoms with Gasteiger partial charge in [0.1, 0.15) is 0 Å². The highest BCUT2D eigenvalue weighted by Crippen LogP contribution is 2.30. The van der Waals surface area contributed by atoms with Crippen molar-refractivity contribution in [3.63, 3.8) is 0 Å². The molecule has 20 heavy (non-hydrogen) atoms. The highest BCUT2D eigenvalue weighted by Gasteiger charge is 2.25. The molecule has 0 amide bonds. The zero-order valence-electron chi connectivity index (χ0n) is 12.0. The molecule has 1 aromatic carbocycles. The van der Waals surface area contributed by atoms with Gasteiger partial charge in [0, 0.05) is 29.4 Å². The molecule has 1 saturated heterocycles. The van der Waals surface area contributed by atoms with Crippen molar-refractivity contribution in [2.75, 3.05) is 30.8 Å². The predicted octanol–water partition coefficient (Wildman–Crippen LogP) is 2.34. The maximum atomic E-state index is 11.6. The fourth-order valence-corrected chi connectivity index (χ4v) is 4.60. The van der Waals surface area contributed by atoms with Crippen LogP contribution in [0.2, 0.25) is 0 Å². The lowest BCUT2D eigenvalue weighted by atomic mass is 10.0. The maximum Gasteiger partial charge on any atom is 0.211 e. The molecule has 1 fully saturated rings. The largest absolute Gasteiger partial charge is 0.398 e. The van der Waals surface area contributed by atoms with Gasteiger partial charge in [0.2, 0.25) is 10.0 Å². The van der Waals surface area contributed by atoms with Crippen LogP contribution in [0.25, 0.3) is 0 Å². The van der Waals surface area contributed by atoms with Crippen LogP contribution in [-0.2, 0) is 10.0 Å². The maximum absolute atomic E-state index is 11.6. The molecule has 0 saturated carbocycles. The number of nitrogens with zero attached hydrogens (tertiary/aromatic N) is 1. The number of hydrogen-bond donors (Lipinski definition) is 1. The Kier molecular flexibility index (Phi) is 4.99. The van der Waals surface area contributed by atoms with Crippen molar-refractivity contribution in [3.05, 3.63) is 23.8 Å². The molecule has 0 spiro atoms. The van der Waals surface area contributed by atoms with Crippen LogP contribution < -0.4 is 5.73 Å². The fourth-order valence-electron chi connectivity index (χ4n) is 2.46. The Balaban J connectivity index is 1.95. The number of thioether (sulfide) groups is 1. The van der Waals surface area contributed by atoms with E-state index in [1.165, 1.54) is 11.2 Å². The monoisotopic (exact) mass is 314 g/mol. The normalized spacial score (nSPS) is 21.0. The van der Waals surface area contributed by atoms with Gasteiger partial charge in [0.15, 0.2) is 0 Å². The molecule has 0 bridgehead atoms. The van der Waals surface area contributed by atoms with E-state index in [0.29, 0.717) is 19.0 Å². The molecular formula is C14H22N2O2S2. The lowest BCUT2D eigenvalue weighted by Gasteiger charge is -2.30. The summed E-state index contributed by atoms with van der Waals surface area (Å²) in [5.74, 6) is 1.36. The Bertz CT molecular complexity index is 573. The van der Waals surface area contributed by atoms with Gasteiger partial charge in [-0.1, -0.05) is 6.07 Å². The van der Waals surface area contributed by atoms with Gasteiger partial charge in [-0.15, -0.1) is 11.8 Å². The first-order valence-corrected chi connectivity index (χ1v) is 9.64. The zero-order chi connectivity index (χ0) is 14.8. The lowest BCUT2D eigenvalue weighted by molar-refractivity contribution is 0.286. The Morgan fingerprint density at radius 1 is 1.45 bits per heavy atom. The summed E-state index contributed by atoms with van der Waals surface area (Å²) in [4.78, 5) is 1.20.